The van der Waals surface area contributed by atoms with Gasteiger partial charge >= 0.3 is 4.87 Å². The molecule has 0 fully saturated rings. The van der Waals surface area contributed by atoms with Crippen molar-refractivity contribution in [2.45, 2.75) is 18.4 Å². The van der Waals surface area contributed by atoms with Crippen LogP contribution in [0.15, 0.2) is 37.7 Å². The molecule has 0 spiro atoms. The van der Waals surface area contributed by atoms with Crippen molar-refractivity contribution < 1.29 is 8.42 Å². The third-order valence-corrected chi connectivity index (χ3v) is 5.47. The zero-order valence-corrected chi connectivity index (χ0v) is 13.2. The van der Waals surface area contributed by atoms with Crippen LogP contribution >= 0.6 is 27.3 Å². The number of benzene rings is 1. The van der Waals surface area contributed by atoms with E-state index in [2.05, 4.69) is 25.6 Å². The van der Waals surface area contributed by atoms with Gasteiger partial charge in [-0.15, -0.1) is 0 Å². The van der Waals surface area contributed by atoms with Gasteiger partial charge in [0.05, 0.1) is 11.4 Å². The third kappa shape index (κ3) is 3.53. The Morgan fingerprint density at radius 3 is 2.74 bits per heavy atom. The monoisotopic (exact) mass is 362 g/mol. The lowest BCUT2D eigenvalue weighted by Crippen LogP contribution is -2.23. The third-order valence-electron chi connectivity index (χ3n) is 2.46. The highest BCUT2D eigenvalue weighted by molar-refractivity contribution is 9.10. The molecule has 0 aliphatic rings. The van der Waals surface area contributed by atoms with E-state index in [0.717, 1.165) is 21.4 Å². The van der Waals surface area contributed by atoms with Crippen molar-refractivity contribution in [3.05, 3.63) is 49.0 Å². The van der Waals surface area contributed by atoms with Gasteiger partial charge in [-0.3, -0.25) is 4.79 Å². The molecule has 2 rings (SSSR count). The largest absolute Gasteiger partial charge is 0.315 e. The summed E-state index contributed by atoms with van der Waals surface area (Å²) in [7, 11) is -3.58. The number of halogens is 1. The van der Waals surface area contributed by atoms with Crippen LogP contribution in [0.3, 0.4) is 0 Å². The van der Waals surface area contributed by atoms with Crippen molar-refractivity contribution in [2.75, 3.05) is 0 Å². The lowest BCUT2D eigenvalue weighted by molar-refractivity contribution is 0.580. The maximum atomic E-state index is 12.1. The van der Waals surface area contributed by atoms with Crippen LogP contribution in [0.1, 0.15) is 11.3 Å². The molecule has 1 aromatic carbocycles. The van der Waals surface area contributed by atoms with E-state index in [1.807, 2.05) is 6.92 Å². The van der Waals surface area contributed by atoms with E-state index >= 15 is 0 Å². The Morgan fingerprint density at radius 2 is 2.16 bits per heavy atom. The molecule has 1 aromatic heterocycles. The minimum absolute atomic E-state index is 0.0657. The summed E-state index contributed by atoms with van der Waals surface area (Å²) in [5.41, 5.74) is 1.39. The summed E-state index contributed by atoms with van der Waals surface area (Å²) in [6.07, 6.45) is 0. The topological polar surface area (TPSA) is 79.0 Å². The number of rotatable bonds is 4. The molecule has 0 radical (unpaired) electrons. The summed E-state index contributed by atoms with van der Waals surface area (Å²) in [6, 6.07) is 4.80. The Balaban J connectivity index is 2.18. The number of hydrogen-bond donors (Lipinski definition) is 2. The summed E-state index contributed by atoms with van der Waals surface area (Å²) in [4.78, 5) is 13.5. The van der Waals surface area contributed by atoms with E-state index < -0.39 is 10.0 Å². The first-order valence-electron chi connectivity index (χ1n) is 5.31. The van der Waals surface area contributed by atoms with Gasteiger partial charge in [-0.05, 0) is 30.7 Å². The number of sulfonamides is 1. The molecule has 102 valence electrons. The Labute approximate surface area is 122 Å². The molecule has 1 heterocycles. The normalized spacial score (nSPS) is 11.7. The molecule has 0 saturated carbocycles. The van der Waals surface area contributed by atoms with Crippen LogP contribution in [0.5, 0.6) is 0 Å². The van der Waals surface area contributed by atoms with Crippen LogP contribution in [0.25, 0.3) is 0 Å². The van der Waals surface area contributed by atoms with E-state index in [9.17, 15) is 13.2 Å². The van der Waals surface area contributed by atoms with Crippen molar-refractivity contribution in [1.29, 1.82) is 0 Å². The minimum Gasteiger partial charge on any atom is -0.315 e. The zero-order valence-electron chi connectivity index (χ0n) is 9.94. The van der Waals surface area contributed by atoms with E-state index in [4.69, 9.17) is 0 Å². The number of nitrogens with one attached hydrogen (secondary N) is 2. The molecule has 19 heavy (non-hydrogen) atoms. The number of aryl methyl sites for hydroxylation is 1. The number of H-pyrrole nitrogens is 1. The molecule has 0 bridgehead atoms. The highest BCUT2D eigenvalue weighted by Crippen LogP contribution is 2.20. The number of aromatic amines is 1. The molecular weight excluding hydrogens is 352 g/mol. The Morgan fingerprint density at radius 1 is 1.42 bits per heavy atom. The van der Waals surface area contributed by atoms with Gasteiger partial charge in [0.15, 0.2) is 0 Å². The van der Waals surface area contributed by atoms with E-state index in [0.29, 0.717) is 5.69 Å². The second kappa shape index (κ2) is 5.58. The first-order chi connectivity index (χ1) is 8.88. The average Bonchev–Trinajstić information content (AvgIpc) is 2.76. The van der Waals surface area contributed by atoms with Gasteiger partial charge in [0.2, 0.25) is 10.0 Å². The highest BCUT2D eigenvalue weighted by atomic mass is 79.9. The summed E-state index contributed by atoms with van der Waals surface area (Å²) in [5.74, 6) is 0. The van der Waals surface area contributed by atoms with Crippen molar-refractivity contribution in [1.82, 2.24) is 9.71 Å². The van der Waals surface area contributed by atoms with Crippen molar-refractivity contribution >= 4 is 37.3 Å². The lowest BCUT2D eigenvalue weighted by Gasteiger charge is -2.07. The Hall–Kier alpha value is -0.960. The molecule has 2 N–H and O–H groups in total. The second-order valence-corrected chi connectivity index (χ2v) is 7.37. The first kappa shape index (κ1) is 14.4. The molecule has 2 aromatic rings. The number of thiazole rings is 1. The predicted octanol–water partition coefficient (Wildman–Crippen LogP) is 1.99. The lowest BCUT2D eigenvalue weighted by atomic mass is 10.2. The molecule has 0 atom stereocenters. The highest BCUT2D eigenvalue weighted by Gasteiger charge is 2.14. The fourth-order valence-electron chi connectivity index (χ4n) is 1.44. The Bertz CT molecular complexity index is 749. The van der Waals surface area contributed by atoms with Crippen LogP contribution in [0.2, 0.25) is 0 Å². The average molecular weight is 363 g/mol. The van der Waals surface area contributed by atoms with Gasteiger partial charge in [0.1, 0.15) is 0 Å². The molecular formula is C11H11BrN2O3S2. The van der Waals surface area contributed by atoms with Gasteiger partial charge in [-0.2, -0.15) is 0 Å². The van der Waals surface area contributed by atoms with Gasteiger partial charge in [0.25, 0.3) is 0 Å². The summed E-state index contributed by atoms with van der Waals surface area (Å²) < 4.78 is 27.4. The van der Waals surface area contributed by atoms with Crippen LogP contribution in [-0.2, 0) is 16.6 Å². The standard InChI is InChI=1S/C11H11BrN2O3S2/c1-7-4-9(2-3-10(7)12)19(16,17)13-5-8-6-18-11(15)14-8/h2-4,6,13H,5H2,1H3,(H,14,15). The van der Waals surface area contributed by atoms with Crippen LogP contribution in [0, 0.1) is 6.92 Å². The van der Waals surface area contributed by atoms with Crippen LogP contribution in [0.4, 0.5) is 0 Å². The zero-order chi connectivity index (χ0) is 14.0. The van der Waals surface area contributed by atoms with E-state index in [1.54, 1.807) is 17.5 Å². The quantitative estimate of drug-likeness (QED) is 0.872. The fraction of sp³-hybridized carbons (Fsp3) is 0.182. The number of aromatic nitrogens is 1. The maximum Gasteiger partial charge on any atom is 0.304 e. The van der Waals surface area contributed by atoms with Crippen molar-refractivity contribution in [2.24, 2.45) is 0 Å². The Kier molecular flexibility index (Phi) is 4.24. The van der Waals surface area contributed by atoms with Gasteiger partial charge in [0, 0.05) is 15.5 Å². The molecule has 0 aliphatic heterocycles. The summed E-state index contributed by atoms with van der Waals surface area (Å²) in [6.45, 7) is 1.88. The second-order valence-electron chi connectivity index (χ2n) is 3.91. The molecule has 5 nitrogen and oxygen atoms in total. The maximum absolute atomic E-state index is 12.1. The van der Waals surface area contributed by atoms with Gasteiger partial charge in [-0.1, -0.05) is 27.3 Å². The van der Waals surface area contributed by atoms with Crippen molar-refractivity contribution in [3.8, 4) is 0 Å². The van der Waals surface area contributed by atoms with Gasteiger partial charge < -0.3 is 4.98 Å². The van der Waals surface area contributed by atoms with E-state index in [-0.39, 0.29) is 16.3 Å². The van der Waals surface area contributed by atoms with Crippen LogP contribution < -0.4 is 9.60 Å². The molecule has 0 amide bonds. The smallest absolute Gasteiger partial charge is 0.304 e. The minimum atomic E-state index is -3.58. The first-order valence-corrected chi connectivity index (χ1v) is 8.46. The van der Waals surface area contributed by atoms with Crippen LogP contribution in [-0.4, -0.2) is 13.4 Å². The van der Waals surface area contributed by atoms with Crippen molar-refractivity contribution in [3.63, 3.8) is 0 Å². The summed E-state index contributed by atoms with van der Waals surface area (Å²) in [5, 5.41) is 1.59. The molecule has 8 heteroatoms. The fourth-order valence-corrected chi connectivity index (χ4v) is 3.36. The SMILES string of the molecule is Cc1cc(S(=O)(=O)NCc2csc(=O)[nH]2)ccc1Br. The molecule has 0 saturated heterocycles. The molecule has 0 unspecified atom stereocenters. The summed E-state index contributed by atoms with van der Waals surface area (Å²) >= 11 is 4.32. The molecule has 0 aliphatic carbocycles. The predicted molar refractivity (Wildman–Crippen MR) is 77.8 cm³/mol. The van der Waals surface area contributed by atoms with E-state index in [1.165, 1.54) is 6.07 Å². The van der Waals surface area contributed by atoms with Gasteiger partial charge in [-0.25, -0.2) is 13.1 Å². The number of hydrogen-bond acceptors (Lipinski definition) is 4.